The first kappa shape index (κ1) is 17.4. The van der Waals surface area contributed by atoms with Crippen LogP contribution in [0.25, 0.3) is 0 Å². The average Bonchev–Trinajstić information content (AvgIpc) is 3.09. The molecule has 1 aromatic rings. The number of nitrogens with one attached hydrogen (secondary N) is 1. The molecule has 0 spiro atoms. The summed E-state index contributed by atoms with van der Waals surface area (Å²) < 4.78 is 19.8. The number of amides is 2. The van der Waals surface area contributed by atoms with E-state index in [0.29, 0.717) is 23.0 Å². The molecule has 3 rings (SSSR count). The van der Waals surface area contributed by atoms with E-state index >= 15 is 0 Å². The number of rotatable bonds is 4. The van der Waals surface area contributed by atoms with Gasteiger partial charge >= 0.3 is 6.09 Å². The average molecular weight is 366 g/mol. The third-order valence-corrected chi connectivity index (χ3v) is 4.74. The number of hydrogen-bond acceptors (Lipinski definition) is 4. The monoisotopic (exact) mass is 366 g/mol. The van der Waals surface area contributed by atoms with Gasteiger partial charge in [0.2, 0.25) is 5.91 Å². The summed E-state index contributed by atoms with van der Waals surface area (Å²) in [4.78, 5) is 27.9. The fourth-order valence-electron chi connectivity index (χ4n) is 2.85. The smallest absolute Gasteiger partial charge is 0.414 e. The van der Waals surface area contributed by atoms with Crippen LogP contribution in [0, 0.1) is 5.82 Å². The Morgan fingerprint density at radius 1 is 1.40 bits per heavy atom. The summed E-state index contributed by atoms with van der Waals surface area (Å²) in [5, 5.41) is 3.18. The van der Waals surface area contributed by atoms with Crippen molar-refractivity contribution in [2.75, 3.05) is 43.0 Å². The summed E-state index contributed by atoms with van der Waals surface area (Å²) in [5.74, 6) is -0.648. The Morgan fingerprint density at radius 2 is 2.16 bits per heavy atom. The van der Waals surface area contributed by atoms with E-state index in [1.54, 1.807) is 17.0 Å². The summed E-state index contributed by atoms with van der Waals surface area (Å²) in [6.07, 6.45) is -1.02. The molecule has 25 heavy (non-hydrogen) atoms. The van der Waals surface area contributed by atoms with E-state index in [9.17, 15) is 14.0 Å². The first-order chi connectivity index (χ1) is 11.9. The van der Waals surface area contributed by atoms with Crippen molar-refractivity contribution in [1.82, 2.24) is 10.2 Å². The molecule has 2 aliphatic heterocycles. The summed E-state index contributed by atoms with van der Waals surface area (Å²) in [6, 6.07) is 4.59. The molecule has 2 fully saturated rings. The van der Waals surface area contributed by atoms with Crippen molar-refractivity contribution in [2.45, 2.75) is 13.0 Å². The Labute approximate surface area is 150 Å². The van der Waals surface area contributed by atoms with Crippen LogP contribution in [0.3, 0.4) is 0 Å². The van der Waals surface area contributed by atoms with Gasteiger partial charge in [0.05, 0.1) is 24.5 Å². The molecule has 2 amide bonds. The molecule has 9 heteroatoms. The maximum Gasteiger partial charge on any atom is 0.414 e. The zero-order valence-electron chi connectivity index (χ0n) is 14.0. The number of cyclic esters (lactones) is 1. The number of halogens is 1. The molecule has 0 aromatic heterocycles. The first-order valence-corrected chi connectivity index (χ1v) is 8.32. The highest BCUT2D eigenvalue weighted by Gasteiger charge is 2.33. The van der Waals surface area contributed by atoms with Crippen LogP contribution in [0.15, 0.2) is 18.2 Å². The Balaban J connectivity index is 1.73. The van der Waals surface area contributed by atoms with E-state index in [4.69, 9.17) is 17.0 Å². The minimum atomic E-state index is -0.557. The van der Waals surface area contributed by atoms with Crippen molar-refractivity contribution >= 4 is 40.7 Å². The summed E-state index contributed by atoms with van der Waals surface area (Å²) in [5.41, 5.74) is 0.801. The van der Waals surface area contributed by atoms with Gasteiger partial charge in [0.25, 0.3) is 0 Å². The maximum atomic E-state index is 14.6. The van der Waals surface area contributed by atoms with Crippen molar-refractivity contribution in [3.05, 3.63) is 24.0 Å². The van der Waals surface area contributed by atoms with Gasteiger partial charge in [0.1, 0.15) is 11.9 Å². The van der Waals surface area contributed by atoms with E-state index in [1.807, 2.05) is 11.9 Å². The molecule has 1 N–H and O–H groups in total. The molecule has 0 radical (unpaired) electrons. The molecule has 2 heterocycles. The van der Waals surface area contributed by atoms with Gasteiger partial charge in [-0.2, -0.15) is 0 Å². The zero-order chi connectivity index (χ0) is 18.1. The van der Waals surface area contributed by atoms with Crippen LogP contribution in [0.4, 0.5) is 20.6 Å². The van der Waals surface area contributed by atoms with Crippen LogP contribution in [-0.4, -0.2) is 61.3 Å². The van der Waals surface area contributed by atoms with E-state index in [0.717, 1.165) is 6.54 Å². The molecular formula is C16H19FN4O3S. The third-order valence-electron chi connectivity index (χ3n) is 4.20. The second kappa shape index (κ2) is 6.83. The lowest BCUT2D eigenvalue weighted by Crippen LogP contribution is -2.33. The van der Waals surface area contributed by atoms with E-state index in [-0.39, 0.29) is 19.0 Å². The van der Waals surface area contributed by atoms with Crippen LogP contribution in [-0.2, 0) is 9.53 Å². The normalized spacial score (nSPS) is 20.3. The minimum absolute atomic E-state index is 0.198. The van der Waals surface area contributed by atoms with Crippen molar-refractivity contribution in [1.29, 1.82) is 0 Å². The number of hydrogen-bond donors (Lipinski definition) is 1. The molecular weight excluding hydrogens is 347 g/mol. The lowest BCUT2D eigenvalue weighted by atomic mass is 10.2. The highest BCUT2D eigenvalue weighted by molar-refractivity contribution is 7.80. The molecule has 0 bridgehead atoms. The number of benzene rings is 1. The van der Waals surface area contributed by atoms with Crippen molar-refractivity contribution in [3.8, 4) is 0 Å². The molecule has 1 atom stereocenters. The molecule has 7 nitrogen and oxygen atoms in total. The quantitative estimate of drug-likeness (QED) is 0.811. The van der Waals surface area contributed by atoms with Crippen LogP contribution >= 0.6 is 12.2 Å². The van der Waals surface area contributed by atoms with Gasteiger partial charge in [-0.1, -0.05) is 0 Å². The number of anilines is 2. The Morgan fingerprint density at radius 3 is 2.76 bits per heavy atom. The summed E-state index contributed by atoms with van der Waals surface area (Å²) in [7, 11) is 1.87. The number of ether oxygens (including phenoxy) is 1. The number of nitrogens with zero attached hydrogens (tertiary/aromatic N) is 3. The molecule has 0 unspecified atom stereocenters. The highest BCUT2D eigenvalue weighted by Crippen LogP contribution is 2.29. The zero-order valence-corrected chi connectivity index (χ0v) is 14.8. The SMILES string of the molecule is CC(=O)NC[C@H]1CN(c2ccc(N3CCN(C)C3=S)c(F)c2)C(=O)O1. The lowest BCUT2D eigenvalue weighted by molar-refractivity contribution is -0.119. The van der Waals surface area contributed by atoms with Gasteiger partial charge in [0, 0.05) is 27.1 Å². The maximum absolute atomic E-state index is 14.6. The Hall–Kier alpha value is -2.42. The standard InChI is InChI=1S/C16H19FN4O3S/c1-10(22)18-8-12-9-21(16(23)24-12)11-3-4-14(13(17)7-11)20-6-5-19(2)15(20)25/h3-4,7,12H,5-6,8-9H2,1-2H3,(H,18,22)/t12-/m0/s1. The van der Waals surface area contributed by atoms with Crippen LogP contribution < -0.4 is 15.1 Å². The molecule has 2 aliphatic rings. The second-order valence-electron chi connectivity index (χ2n) is 6.04. The fourth-order valence-corrected chi connectivity index (χ4v) is 3.13. The van der Waals surface area contributed by atoms with E-state index < -0.39 is 18.0 Å². The molecule has 0 aliphatic carbocycles. The number of likely N-dealkylation sites (N-methyl/N-ethyl adjacent to an activating group) is 1. The predicted octanol–water partition coefficient (Wildman–Crippen LogP) is 1.32. The van der Waals surface area contributed by atoms with Crippen molar-refractivity contribution in [2.24, 2.45) is 0 Å². The second-order valence-corrected chi connectivity index (χ2v) is 6.41. The lowest BCUT2D eigenvalue weighted by Gasteiger charge is -2.21. The van der Waals surface area contributed by atoms with Crippen LogP contribution in [0.1, 0.15) is 6.92 Å². The van der Waals surface area contributed by atoms with Gasteiger partial charge in [-0.3, -0.25) is 9.69 Å². The predicted molar refractivity (Wildman–Crippen MR) is 95.3 cm³/mol. The number of carbonyl (C=O) groups is 2. The summed E-state index contributed by atoms with van der Waals surface area (Å²) in [6.45, 7) is 3.23. The first-order valence-electron chi connectivity index (χ1n) is 7.91. The minimum Gasteiger partial charge on any atom is -0.442 e. The van der Waals surface area contributed by atoms with Gasteiger partial charge in [-0.15, -0.1) is 0 Å². The van der Waals surface area contributed by atoms with E-state index in [1.165, 1.54) is 17.9 Å². The topological polar surface area (TPSA) is 65.1 Å². The highest BCUT2D eigenvalue weighted by atomic mass is 32.1. The molecule has 2 saturated heterocycles. The van der Waals surface area contributed by atoms with Crippen molar-refractivity contribution in [3.63, 3.8) is 0 Å². The fraction of sp³-hybridized carbons (Fsp3) is 0.438. The Kier molecular flexibility index (Phi) is 4.76. The van der Waals surface area contributed by atoms with E-state index in [2.05, 4.69) is 5.32 Å². The number of thiocarbonyl (C=S) groups is 1. The van der Waals surface area contributed by atoms with Gasteiger partial charge in [-0.25, -0.2) is 9.18 Å². The Bertz CT molecular complexity index is 729. The van der Waals surface area contributed by atoms with Gasteiger partial charge < -0.3 is 19.9 Å². The van der Waals surface area contributed by atoms with Crippen LogP contribution in [0.5, 0.6) is 0 Å². The molecule has 1 aromatic carbocycles. The number of carbonyl (C=O) groups excluding carboxylic acids is 2. The molecule has 0 saturated carbocycles. The largest absolute Gasteiger partial charge is 0.442 e. The van der Waals surface area contributed by atoms with Gasteiger partial charge in [0.15, 0.2) is 5.11 Å². The van der Waals surface area contributed by atoms with Crippen molar-refractivity contribution < 1.29 is 18.7 Å². The third kappa shape index (κ3) is 3.51. The van der Waals surface area contributed by atoms with Gasteiger partial charge in [-0.05, 0) is 30.4 Å². The summed E-state index contributed by atoms with van der Waals surface area (Å²) >= 11 is 5.30. The van der Waals surface area contributed by atoms with Crippen LogP contribution in [0.2, 0.25) is 0 Å². The molecule has 134 valence electrons.